The van der Waals surface area contributed by atoms with Gasteiger partial charge in [0, 0.05) is 24.1 Å². The van der Waals surface area contributed by atoms with E-state index in [2.05, 4.69) is 31.2 Å². The highest BCUT2D eigenvalue weighted by Gasteiger charge is 2.75. The number of aromatic nitrogens is 2. The van der Waals surface area contributed by atoms with Crippen LogP contribution in [-0.2, 0) is 10.2 Å². The van der Waals surface area contributed by atoms with Gasteiger partial charge in [0.1, 0.15) is 12.4 Å². The third-order valence-corrected chi connectivity index (χ3v) is 5.47. The summed E-state index contributed by atoms with van der Waals surface area (Å²) in [5.41, 5.74) is -2.39. The van der Waals surface area contributed by atoms with Crippen LogP contribution >= 0.6 is 15.9 Å². The summed E-state index contributed by atoms with van der Waals surface area (Å²) >= 11 is 2.96. The first-order valence-electron chi connectivity index (χ1n) is 8.08. The lowest BCUT2D eigenvalue weighted by Crippen LogP contribution is -2.49. The number of fused-ring (bicyclic) bond motifs is 2. The first kappa shape index (κ1) is 18.8. The van der Waals surface area contributed by atoms with Gasteiger partial charge in [-0.2, -0.15) is 0 Å². The Morgan fingerprint density at radius 1 is 1.25 bits per heavy atom. The average molecular weight is 459 g/mol. The van der Waals surface area contributed by atoms with Crippen LogP contribution < -0.4 is 5.32 Å². The van der Waals surface area contributed by atoms with Crippen molar-refractivity contribution in [2.45, 2.75) is 17.8 Å². The van der Waals surface area contributed by atoms with Crippen molar-refractivity contribution in [1.29, 1.82) is 0 Å². The Morgan fingerprint density at radius 2 is 1.89 bits per heavy atom. The minimum atomic E-state index is -3.20. The van der Waals surface area contributed by atoms with E-state index in [0.29, 0.717) is 0 Å². The van der Waals surface area contributed by atoms with Crippen molar-refractivity contribution < 1.29 is 27.2 Å². The zero-order valence-electron chi connectivity index (χ0n) is 14.0. The molecule has 0 radical (unpaired) electrons. The monoisotopic (exact) mass is 458 g/mol. The topological polar surface area (TPSA) is 75.2 Å². The molecule has 1 spiro atoms. The molecular formula is C17H11BrF4N4O2. The molecule has 6 nitrogen and oxygen atoms in total. The van der Waals surface area contributed by atoms with Gasteiger partial charge < -0.3 is 4.90 Å². The second-order valence-electron chi connectivity index (χ2n) is 6.68. The maximum absolute atomic E-state index is 14.6. The van der Waals surface area contributed by atoms with E-state index in [0.717, 1.165) is 17.3 Å². The molecule has 2 aliphatic rings. The summed E-state index contributed by atoms with van der Waals surface area (Å²) in [7, 11) is 0. The molecule has 1 aliphatic carbocycles. The average Bonchev–Trinajstić information content (AvgIpc) is 3.17. The molecule has 1 atom stereocenters. The first-order chi connectivity index (χ1) is 13.1. The van der Waals surface area contributed by atoms with Crippen molar-refractivity contribution in [3.63, 3.8) is 0 Å². The van der Waals surface area contributed by atoms with Gasteiger partial charge in [0.25, 0.3) is 11.8 Å². The highest BCUT2D eigenvalue weighted by molar-refractivity contribution is 9.10. The molecule has 1 aliphatic heterocycles. The van der Waals surface area contributed by atoms with Crippen molar-refractivity contribution in [2.75, 3.05) is 18.4 Å². The Balaban J connectivity index is 1.61. The number of nitrogens with one attached hydrogen (secondary N) is 1. The second-order valence-corrected chi connectivity index (χ2v) is 7.54. The molecule has 1 N–H and O–H groups in total. The van der Waals surface area contributed by atoms with Gasteiger partial charge in [0.05, 0.1) is 22.3 Å². The van der Waals surface area contributed by atoms with Crippen LogP contribution in [-0.4, -0.2) is 45.7 Å². The molecule has 146 valence electrons. The number of benzene rings is 1. The minimum Gasteiger partial charge on any atom is -0.328 e. The summed E-state index contributed by atoms with van der Waals surface area (Å²) in [6.07, 6.45) is 1.06. The molecule has 0 unspecified atom stereocenters. The van der Waals surface area contributed by atoms with Crippen molar-refractivity contribution in [3.8, 4) is 0 Å². The van der Waals surface area contributed by atoms with Gasteiger partial charge in [0.2, 0.25) is 11.9 Å². The molecule has 4 rings (SSSR count). The van der Waals surface area contributed by atoms with Crippen molar-refractivity contribution in [2.24, 2.45) is 0 Å². The van der Waals surface area contributed by atoms with Gasteiger partial charge in [-0.1, -0.05) is 0 Å². The molecule has 28 heavy (non-hydrogen) atoms. The Bertz CT molecular complexity index is 1000. The smallest absolute Gasteiger partial charge is 0.260 e. The number of anilines is 1. The molecule has 1 saturated carbocycles. The van der Waals surface area contributed by atoms with E-state index in [1.54, 1.807) is 0 Å². The Labute approximate surface area is 164 Å². The lowest BCUT2D eigenvalue weighted by atomic mass is 9.85. The Hall–Kier alpha value is -2.56. The predicted octanol–water partition coefficient (Wildman–Crippen LogP) is 2.89. The third-order valence-electron chi connectivity index (χ3n) is 4.86. The standard InChI is InChI=1S/C17H11BrF4N4O2/c18-10-2-1-9-12(13(10)20)16(6-17(16,21)22)7-26(14(9)28)5-11(27)25-15-23-3-8(19)4-24-15/h1-4H,5-7H2,(H,23,24,25,27)/t16-/m1/s1. The van der Waals surface area contributed by atoms with Crippen LogP contribution in [0.4, 0.5) is 23.5 Å². The summed E-state index contributed by atoms with van der Waals surface area (Å²) < 4.78 is 55.8. The maximum Gasteiger partial charge on any atom is 0.260 e. The number of carbonyl (C=O) groups is 2. The van der Waals surface area contributed by atoms with Gasteiger partial charge in [-0.05, 0) is 28.1 Å². The van der Waals surface area contributed by atoms with E-state index in [4.69, 9.17) is 0 Å². The minimum absolute atomic E-state index is 0.0132. The highest BCUT2D eigenvalue weighted by atomic mass is 79.9. The Kier molecular flexibility index (Phi) is 4.18. The number of hydrogen-bond donors (Lipinski definition) is 1. The zero-order valence-corrected chi connectivity index (χ0v) is 15.6. The van der Waals surface area contributed by atoms with Crippen LogP contribution in [0, 0.1) is 11.6 Å². The number of carbonyl (C=O) groups excluding carboxylic acids is 2. The molecule has 1 fully saturated rings. The zero-order chi connectivity index (χ0) is 20.3. The quantitative estimate of drug-likeness (QED) is 0.717. The summed E-state index contributed by atoms with van der Waals surface area (Å²) in [6.45, 7) is -1.06. The lowest BCUT2D eigenvalue weighted by Gasteiger charge is -2.34. The van der Waals surface area contributed by atoms with Crippen LogP contribution in [0.5, 0.6) is 0 Å². The van der Waals surface area contributed by atoms with Crippen molar-refractivity contribution >= 4 is 33.7 Å². The van der Waals surface area contributed by atoms with Crippen LogP contribution in [0.15, 0.2) is 29.0 Å². The van der Waals surface area contributed by atoms with Gasteiger partial charge in [-0.3, -0.25) is 14.9 Å². The van der Waals surface area contributed by atoms with Crippen molar-refractivity contribution in [3.05, 3.63) is 51.8 Å². The van der Waals surface area contributed by atoms with Gasteiger partial charge in [-0.25, -0.2) is 27.5 Å². The molecule has 1 aromatic heterocycles. The van der Waals surface area contributed by atoms with Crippen LogP contribution in [0.1, 0.15) is 22.3 Å². The van der Waals surface area contributed by atoms with Crippen LogP contribution in [0.25, 0.3) is 0 Å². The summed E-state index contributed by atoms with van der Waals surface area (Å²) in [5.74, 6) is -6.47. The van der Waals surface area contributed by atoms with E-state index in [-0.39, 0.29) is 21.5 Å². The Morgan fingerprint density at radius 3 is 2.50 bits per heavy atom. The second kappa shape index (κ2) is 6.23. The maximum atomic E-state index is 14.6. The molecule has 2 amide bonds. The fourth-order valence-corrected chi connectivity index (χ4v) is 3.79. The number of alkyl halides is 2. The van der Waals surface area contributed by atoms with Crippen molar-refractivity contribution in [1.82, 2.24) is 14.9 Å². The molecule has 2 heterocycles. The normalized spacial score (nSPS) is 22.2. The van der Waals surface area contributed by atoms with E-state index in [1.807, 2.05) is 0 Å². The van der Waals surface area contributed by atoms with E-state index >= 15 is 0 Å². The van der Waals surface area contributed by atoms with Crippen LogP contribution in [0.3, 0.4) is 0 Å². The summed E-state index contributed by atoms with van der Waals surface area (Å²) in [5, 5.41) is 2.26. The lowest BCUT2D eigenvalue weighted by molar-refractivity contribution is -0.117. The van der Waals surface area contributed by atoms with Gasteiger partial charge >= 0.3 is 0 Å². The SMILES string of the molecule is O=C(CN1C[C@]2(CC2(F)F)c2c(ccc(Br)c2F)C1=O)Nc1ncc(F)cn1. The third kappa shape index (κ3) is 2.84. The number of hydrogen-bond acceptors (Lipinski definition) is 4. The molecule has 1 aromatic carbocycles. The van der Waals surface area contributed by atoms with E-state index in [9.17, 15) is 27.2 Å². The predicted molar refractivity (Wildman–Crippen MR) is 91.9 cm³/mol. The number of amides is 2. The largest absolute Gasteiger partial charge is 0.328 e. The molecule has 2 aromatic rings. The first-order valence-corrected chi connectivity index (χ1v) is 8.87. The van der Waals surface area contributed by atoms with E-state index in [1.165, 1.54) is 12.1 Å². The number of halogens is 5. The molecule has 0 bridgehead atoms. The molecular weight excluding hydrogens is 448 g/mol. The van der Waals surface area contributed by atoms with Gasteiger partial charge in [-0.15, -0.1) is 0 Å². The van der Waals surface area contributed by atoms with Crippen LogP contribution in [0.2, 0.25) is 0 Å². The molecule has 11 heteroatoms. The fourth-order valence-electron chi connectivity index (χ4n) is 3.46. The van der Waals surface area contributed by atoms with Gasteiger partial charge in [0.15, 0.2) is 5.82 Å². The van der Waals surface area contributed by atoms with E-state index < -0.39 is 54.3 Å². The summed E-state index contributed by atoms with van der Waals surface area (Å²) in [4.78, 5) is 32.9. The number of nitrogens with zero attached hydrogens (tertiary/aromatic N) is 3. The fraction of sp³-hybridized carbons (Fsp3) is 0.294. The highest BCUT2D eigenvalue weighted by Crippen LogP contribution is 2.64. The summed E-state index contributed by atoms with van der Waals surface area (Å²) in [6, 6.07) is 2.52. The number of rotatable bonds is 3. The molecule has 0 saturated heterocycles.